The van der Waals surface area contributed by atoms with Gasteiger partial charge in [0.2, 0.25) is 5.91 Å². The van der Waals surface area contributed by atoms with E-state index in [-0.39, 0.29) is 25.0 Å². The molecule has 1 aliphatic heterocycles. The number of thiophene rings is 1. The summed E-state index contributed by atoms with van der Waals surface area (Å²) in [6.45, 7) is 0.204. The van der Waals surface area contributed by atoms with Crippen LogP contribution in [0.15, 0.2) is 71.0 Å². The topological polar surface area (TPSA) is 71.0 Å². The summed E-state index contributed by atoms with van der Waals surface area (Å²) in [6, 6.07) is 19.1. The molecule has 0 fully saturated rings. The lowest BCUT2D eigenvalue weighted by molar-refractivity contribution is -0.128. The lowest BCUT2D eigenvalue weighted by atomic mass is 10.1. The first-order valence-electron chi connectivity index (χ1n) is 9.52. The highest BCUT2D eigenvalue weighted by molar-refractivity contribution is 7.10. The van der Waals surface area contributed by atoms with E-state index >= 15 is 0 Å². The Kier molecular flexibility index (Phi) is 5.90. The summed E-state index contributed by atoms with van der Waals surface area (Å²) in [7, 11) is 1.64. The zero-order valence-electron chi connectivity index (χ0n) is 16.5. The van der Waals surface area contributed by atoms with Crippen LogP contribution in [0, 0.1) is 0 Å². The number of carbonyl (C=O) groups is 2. The Bertz CT molecular complexity index is 1070. The van der Waals surface area contributed by atoms with Crippen molar-refractivity contribution in [1.29, 1.82) is 0 Å². The zero-order chi connectivity index (χ0) is 20.9. The number of amides is 2. The Morgan fingerprint density at radius 1 is 1.13 bits per heavy atom. The van der Waals surface area contributed by atoms with E-state index in [1.807, 2.05) is 54.6 Å². The van der Waals surface area contributed by atoms with Crippen LogP contribution >= 0.6 is 11.3 Å². The first kappa shape index (κ1) is 19.8. The molecule has 1 N–H and O–H groups in total. The van der Waals surface area contributed by atoms with Gasteiger partial charge in [0, 0.05) is 17.0 Å². The lowest BCUT2D eigenvalue weighted by Crippen LogP contribution is -2.37. The highest BCUT2D eigenvalue weighted by Gasteiger charge is 2.27. The van der Waals surface area contributed by atoms with Crippen LogP contribution in [-0.4, -0.2) is 42.7 Å². The SMILES string of the molecule is COc1ccc(-c2csc(CC3=NCN(CC(=O)Nc4ccccc4)C3=O)c2)cc1. The fourth-order valence-electron chi connectivity index (χ4n) is 3.21. The van der Waals surface area contributed by atoms with Gasteiger partial charge in [0.1, 0.15) is 24.7 Å². The van der Waals surface area contributed by atoms with E-state index < -0.39 is 0 Å². The average Bonchev–Trinajstić information content (AvgIpc) is 3.37. The second-order valence-electron chi connectivity index (χ2n) is 6.87. The Morgan fingerprint density at radius 2 is 1.90 bits per heavy atom. The number of nitrogens with one attached hydrogen (secondary N) is 1. The lowest BCUT2D eigenvalue weighted by Gasteiger charge is -2.14. The molecular formula is C23H21N3O3S. The van der Waals surface area contributed by atoms with Gasteiger partial charge in [-0.2, -0.15) is 0 Å². The van der Waals surface area contributed by atoms with Crippen molar-refractivity contribution in [2.75, 3.05) is 25.6 Å². The molecule has 0 spiro atoms. The number of ether oxygens (including phenoxy) is 1. The fourth-order valence-corrected chi connectivity index (χ4v) is 4.10. The van der Waals surface area contributed by atoms with Gasteiger partial charge in [-0.05, 0) is 46.8 Å². The summed E-state index contributed by atoms with van der Waals surface area (Å²) in [6.07, 6.45) is 0.469. The second-order valence-corrected chi connectivity index (χ2v) is 7.87. The van der Waals surface area contributed by atoms with Crippen molar-refractivity contribution in [3.63, 3.8) is 0 Å². The molecule has 0 bridgehead atoms. The molecule has 0 aliphatic carbocycles. The Balaban J connectivity index is 1.34. The Hall–Kier alpha value is -3.45. The van der Waals surface area contributed by atoms with Crippen molar-refractivity contribution in [1.82, 2.24) is 4.90 Å². The first-order valence-corrected chi connectivity index (χ1v) is 10.4. The predicted molar refractivity (Wildman–Crippen MR) is 119 cm³/mol. The molecule has 0 atom stereocenters. The summed E-state index contributed by atoms with van der Waals surface area (Å²) in [5.74, 6) is 0.401. The van der Waals surface area contributed by atoms with Gasteiger partial charge in [-0.25, -0.2) is 0 Å². The molecule has 2 aromatic carbocycles. The number of para-hydroxylation sites is 1. The number of hydrogen-bond donors (Lipinski definition) is 1. The summed E-state index contributed by atoms with van der Waals surface area (Å²) < 4.78 is 5.20. The van der Waals surface area contributed by atoms with Crippen LogP contribution in [-0.2, 0) is 16.0 Å². The van der Waals surface area contributed by atoms with Crippen molar-refractivity contribution in [2.45, 2.75) is 6.42 Å². The van der Waals surface area contributed by atoms with Crippen molar-refractivity contribution < 1.29 is 14.3 Å². The van der Waals surface area contributed by atoms with Crippen LogP contribution in [0.2, 0.25) is 0 Å². The van der Waals surface area contributed by atoms with Crippen molar-refractivity contribution in [3.8, 4) is 16.9 Å². The van der Waals surface area contributed by atoms with E-state index in [0.29, 0.717) is 17.8 Å². The maximum atomic E-state index is 12.7. The van der Waals surface area contributed by atoms with Crippen LogP contribution in [0.3, 0.4) is 0 Å². The van der Waals surface area contributed by atoms with Crippen LogP contribution < -0.4 is 10.1 Å². The second kappa shape index (κ2) is 8.92. The first-order chi connectivity index (χ1) is 14.6. The van der Waals surface area contributed by atoms with Crippen molar-refractivity contribution in [3.05, 3.63) is 70.9 Å². The van der Waals surface area contributed by atoms with E-state index in [1.165, 1.54) is 4.90 Å². The van der Waals surface area contributed by atoms with E-state index in [2.05, 4.69) is 21.8 Å². The van der Waals surface area contributed by atoms with Gasteiger partial charge in [0.05, 0.1) is 7.11 Å². The molecule has 1 aromatic heterocycles. The van der Waals surface area contributed by atoms with Gasteiger partial charge in [-0.15, -0.1) is 11.3 Å². The molecule has 30 heavy (non-hydrogen) atoms. The van der Waals surface area contributed by atoms with Gasteiger partial charge in [-0.3, -0.25) is 14.6 Å². The Labute approximate surface area is 178 Å². The quantitative estimate of drug-likeness (QED) is 0.632. The molecule has 0 unspecified atom stereocenters. The number of methoxy groups -OCH3 is 1. The number of hydrogen-bond acceptors (Lipinski definition) is 5. The number of nitrogens with zero attached hydrogens (tertiary/aromatic N) is 2. The third-order valence-corrected chi connectivity index (χ3v) is 5.71. The highest BCUT2D eigenvalue weighted by atomic mass is 32.1. The van der Waals surface area contributed by atoms with Crippen LogP contribution in [0.4, 0.5) is 5.69 Å². The molecule has 7 heteroatoms. The van der Waals surface area contributed by atoms with Crippen LogP contribution in [0.25, 0.3) is 11.1 Å². The van der Waals surface area contributed by atoms with E-state index in [9.17, 15) is 9.59 Å². The number of rotatable bonds is 7. The molecule has 0 saturated heterocycles. The minimum atomic E-state index is -0.232. The maximum Gasteiger partial charge on any atom is 0.270 e. The molecule has 6 nitrogen and oxygen atoms in total. The van der Waals surface area contributed by atoms with Crippen molar-refractivity contribution in [2.24, 2.45) is 4.99 Å². The van der Waals surface area contributed by atoms with Gasteiger partial charge in [-0.1, -0.05) is 30.3 Å². The zero-order valence-corrected chi connectivity index (χ0v) is 17.3. The number of carbonyl (C=O) groups excluding carboxylic acids is 2. The highest BCUT2D eigenvalue weighted by Crippen LogP contribution is 2.28. The molecule has 3 aromatic rings. The van der Waals surface area contributed by atoms with Gasteiger partial charge in [0.25, 0.3) is 5.91 Å². The summed E-state index contributed by atoms with van der Waals surface area (Å²) in [5, 5.41) is 4.86. The number of benzene rings is 2. The van der Waals surface area contributed by atoms with Gasteiger partial charge >= 0.3 is 0 Å². The smallest absolute Gasteiger partial charge is 0.270 e. The van der Waals surface area contributed by atoms with Crippen molar-refractivity contribution >= 4 is 34.6 Å². The molecular weight excluding hydrogens is 398 g/mol. The summed E-state index contributed by atoms with van der Waals surface area (Å²) in [5.41, 5.74) is 3.39. The number of aliphatic imine (C=N–C) groups is 1. The summed E-state index contributed by atoms with van der Waals surface area (Å²) in [4.78, 5) is 31.8. The molecule has 2 amide bonds. The molecule has 1 aliphatic rings. The normalized spacial score (nSPS) is 13.3. The third kappa shape index (κ3) is 4.58. The van der Waals surface area contributed by atoms with Gasteiger partial charge < -0.3 is 15.0 Å². The number of anilines is 1. The van der Waals surface area contributed by atoms with E-state index in [1.54, 1.807) is 18.4 Å². The minimum absolute atomic E-state index is 0.0116. The third-order valence-electron chi connectivity index (χ3n) is 4.78. The minimum Gasteiger partial charge on any atom is -0.497 e. The van der Waals surface area contributed by atoms with E-state index in [0.717, 1.165) is 21.8 Å². The molecule has 0 saturated carbocycles. The molecule has 152 valence electrons. The van der Waals surface area contributed by atoms with Gasteiger partial charge in [0.15, 0.2) is 0 Å². The standard InChI is InChI=1S/C23H21N3O3S/c1-29-19-9-7-16(8-10-19)17-11-20(30-14-17)12-21-23(28)26(15-24-21)13-22(27)25-18-5-3-2-4-6-18/h2-11,14H,12-13,15H2,1H3,(H,25,27). The molecule has 4 rings (SSSR count). The van der Waals surface area contributed by atoms with Crippen LogP contribution in [0.5, 0.6) is 5.75 Å². The molecule has 2 heterocycles. The van der Waals surface area contributed by atoms with Crippen LogP contribution in [0.1, 0.15) is 4.88 Å². The predicted octanol–water partition coefficient (Wildman–Crippen LogP) is 3.85. The monoisotopic (exact) mass is 419 g/mol. The maximum absolute atomic E-state index is 12.7. The molecule has 0 radical (unpaired) electrons. The summed E-state index contributed by atoms with van der Waals surface area (Å²) >= 11 is 1.60. The average molecular weight is 420 g/mol. The largest absolute Gasteiger partial charge is 0.497 e. The van der Waals surface area contributed by atoms with E-state index in [4.69, 9.17) is 4.74 Å². The fraction of sp³-hybridized carbons (Fsp3) is 0.174. The Morgan fingerprint density at radius 3 is 2.63 bits per heavy atom.